The molecule has 2 aliphatic rings. The summed E-state index contributed by atoms with van der Waals surface area (Å²) in [7, 11) is 0. The average molecular weight is 230 g/mol. The lowest BCUT2D eigenvalue weighted by Crippen LogP contribution is -2.51. The van der Waals surface area contributed by atoms with E-state index in [4.69, 9.17) is 4.74 Å². The van der Waals surface area contributed by atoms with Gasteiger partial charge >= 0.3 is 0 Å². The number of ether oxygens (including phenoxy) is 1. The van der Waals surface area contributed by atoms with Crippen LogP contribution in [0.5, 0.6) is 0 Å². The van der Waals surface area contributed by atoms with Gasteiger partial charge in [0, 0.05) is 37.5 Å². The molecule has 2 aliphatic heterocycles. The van der Waals surface area contributed by atoms with E-state index in [1.54, 1.807) is 0 Å². The molecule has 0 aromatic heterocycles. The van der Waals surface area contributed by atoms with E-state index in [0.717, 1.165) is 44.0 Å². The van der Waals surface area contributed by atoms with Crippen molar-refractivity contribution in [2.75, 3.05) is 39.0 Å². The minimum Gasteiger partial charge on any atom is -0.376 e. The molecule has 3 nitrogen and oxygen atoms in total. The van der Waals surface area contributed by atoms with E-state index in [-0.39, 0.29) is 0 Å². The van der Waals surface area contributed by atoms with E-state index in [1.165, 1.54) is 6.54 Å². The number of hydrogen-bond donors (Lipinski definition) is 1. The number of morpholine rings is 1. The molecule has 3 atom stereocenters. The molecule has 0 amide bonds. The van der Waals surface area contributed by atoms with E-state index >= 15 is 0 Å². The lowest BCUT2D eigenvalue weighted by atomic mass is 10.1. The molecule has 0 bridgehead atoms. The van der Waals surface area contributed by atoms with Gasteiger partial charge in [-0.25, -0.2) is 0 Å². The second kappa shape index (κ2) is 5.53. The molecule has 2 heterocycles. The first-order valence-corrected chi connectivity index (χ1v) is 7.23. The second-order valence-electron chi connectivity index (χ2n) is 4.40. The Kier molecular flexibility index (Phi) is 4.31. The van der Waals surface area contributed by atoms with Crippen LogP contribution in [-0.2, 0) is 4.74 Å². The number of rotatable bonds is 3. The maximum atomic E-state index is 5.72. The molecule has 88 valence electrons. The topological polar surface area (TPSA) is 24.5 Å². The summed E-state index contributed by atoms with van der Waals surface area (Å²) in [6.45, 7) is 7.69. The predicted octanol–water partition coefficient (Wildman–Crippen LogP) is 0.801. The number of hydrogen-bond acceptors (Lipinski definition) is 4. The van der Waals surface area contributed by atoms with Crippen LogP contribution in [0.1, 0.15) is 13.3 Å². The third kappa shape index (κ3) is 2.67. The molecule has 0 saturated carbocycles. The molecule has 0 aliphatic carbocycles. The minimum atomic E-state index is 0.460. The van der Waals surface area contributed by atoms with Gasteiger partial charge in [-0.05, 0) is 12.7 Å². The van der Waals surface area contributed by atoms with Crippen LogP contribution in [0.2, 0.25) is 0 Å². The van der Waals surface area contributed by atoms with E-state index < -0.39 is 0 Å². The summed E-state index contributed by atoms with van der Waals surface area (Å²) in [6, 6.07) is 0.720. The second-order valence-corrected chi connectivity index (χ2v) is 5.47. The normalized spacial score (nSPS) is 38.4. The first-order valence-electron chi connectivity index (χ1n) is 5.94. The highest BCUT2D eigenvalue weighted by Gasteiger charge is 2.33. The van der Waals surface area contributed by atoms with Gasteiger partial charge in [0.2, 0.25) is 0 Å². The first kappa shape index (κ1) is 11.7. The van der Waals surface area contributed by atoms with Gasteiger partial charge in [-0.2, -0.15) is 11.8 Å². The molecule has 15 heavy (non-hydrogen) atoms. The summed E-state index contributed by atoms with van der Waals surface area (Å²) in [5.41, 5.74) is 0. The summed E-state index contributed by atoms with van der Waals surface area (Å²) < 4.78 is 5.72. The highest BCUT2D eigenvalue weighted by molar-refractivity contribution is 7.99. The fraction of sp³-hybridized carbons (Fsp3) is 1.00. The van der Waals surface area contributed by atoms with Crippen LogP contribution >= 0.6 is 11.8 Å². The molecule has 2 fully saturated rings. The van der Waals surface area contributed by atoms with Crippen molar-refractivity contribution in [1.82, 2.24) is 10.2 Å². The van der Waals surface area contributed by atoms with Crippen molar-refractivity contribution < 1.29 is 4.74 Å². The first-order chi connectivity index (χ1) is 7.35. The highest BCUT2D eigenvalue weighted by Crippen LogP contribution is 2.22. The Morgan fingerprint density at radius 1 is 1.47 bits per heavy atom. The smallest absolute Gasteiger partial charge is 0.0700 e. The molecular formula is C11H22N2OS. The predicted molar refractivity (Wildman–Crippen MR) is 65.6 cm³/mol. The Morgan fingerprint density at radius 3 is 3.07 bits per heavy atom. The molecule has 0 aromatic rings. The number of thioether (sulfide) groups is 1. The van der Waals surface area contributed by atoms with E-state index in [1.807, 2.05) is 11.8 Å². The lowest BCUT2D eigenvalue weighted by Gasteiger charge is -2.38. The highest BCUT2D eigenvalue weighted by atomic mass is 32.2. The van der Waals surface area contributed by atoms with Crippen molar-refractivity contribution in [1.29, 1.82) is 0 Å². The van der Waals surface area contributed by atoms with Gasteiger partial charge in [-0.15, -0.1) is 0 Å². The van der Waals surface area contributed by atoms with E-state index in [9.17, 15) is 0 Å². The Bertz CT molecular complexity index is 203. The molecular weight excluding hydrogens is 208 g/mol. The van der Waals surface area contributed by atoms with Crippen molar-refractivity contribution in [3.05, 3.63) is 0 Å². The minimum absolute atomic E-state index is 0.460. The molecule has 2 rings (SSSR count). The number of nitrogens with zero attached hydrogens (tertiary/aromatic N) is 1. The molecule has 4 heteroatoms. The van der Waals surface area contributed by atoms with Crippen LogP contribution in [0.15, 0.2) is 0 Å². The zero-order chi connectivity index (χ0) is 10.7. The van der Waals surface area contributed by atoms with Gasteiger partial charge < -0.3 is 10.1 Å². The third-order valence-corrected chi connectivity index (χ3v) is 4.61. The van der Waals surface area contributed by atoms with Crippen molar-refractivity contribution in [3.8, 4) is 0 Å². The van der Waals surface area contributed by atoms with Crippen molar-refractivity contribution in [2.45, 2.75) is 30.7 Å². The van der Waals surface area contributed by atoms with Crippen LogP contribution in [0.3, 0.4) is 0 Å². The molecule has 3 unspecified atom stereocenters. The molecule has 0 radical (unpaired) electrons. The molecule has 1 N–H and O–H groups in total. The lowest BCUT2D eigenvalue weighted by molar-refractivity contribution is -0.0410. The largest absolute Gasteiger partial charge is 0.376 e. The molecule has 2 saturated heterocycles. The summed E-state index contributed by atoms with van der Waals surface area (Å²) in [5.74, 6) is 0. The maximum Gasteiger partial charge on any atom is 0.0700 e. The quantitative estimate of drug-likeness (QED) is 0.775. The standard InChI is InChI=1S/C11H22N2OS/c1-3-9-8-13(4-5-14-9)10-6-12-7-11(10)15-2/h9-12H,3-8H2,1-2H3. The molecule has 0 aromatic carbocycles. The summed E-state index contributed by atoms with van der Waals surface area (Å²) >= 11 is 2.00. The Hall–Kier alpha value is 0.230. The zero-order valence-electron chi connectivity index (χ0n) is 9.74. The van der Waals surface area contributed by atoms with Crippen LogP contribution in [-0.4, -0.2) is 61.3 Å². The fourth-order valence-electron chi connectivity index (χ4n) is 2.54. The van der Waals surface area contributed by atoms with Crippen molar-refractivity contribution in [3.63, 3.8) is 0 Å². The van der Waals surface area contributed by atoms with Crippen LogP contribution < -0.4 is 5.32 Å². The van der Waals surface area contributed by atoms with Gasteiger partial charge in [-0.3, -0.25) is 4.90 Å². The summed E-state index contributed by atoms with van der Waals surface area (Å²) in [4.78, 5) is 2.62. The van der Waals surface area contributed by atoms with E-state index in [0.29, 0.717) is 6.10 Å². The zero-order valence-corrected chi connectivity index (χ0v) is 10.6. The van der Waals surface area contributed by atoms with Gasteiger partial charge in [0.1, 0.15) is 0 Å². The Morgan fingerprint density at radius 2 is 2.33 bits per heavy atom. The van der Waals surface area contributed by atoms with Crippen LogP contribution in [0, 0.1) is 0 Å². The average Bonchev–Trinajstić information content (AvgIpc) is 2.77. The fourth-order valence-corrected chi connectivity index (χ4v) is 3.40. The van der Waals surface area contributed by atoms with Crippen molar-refractivity contribution >= 4 is 11.8 Å². The SMILES string of the molecule is CCC1CN(C2CNCC2SC)CCO1. The monoisotopic (exact) mass is 230 g/mol. The third-order valence-electron chi connectivity index (χ3n) is 3.53. The molecule has 0 spiro atoms. The summed E-state index contributed by atoms with van der Waals surface area (Å²) in [6.07, 6.45) is 3.82. The Labute approximate surface area is 96.9 Å². The Balaban J connectivity index is 1.91. The van der Waals surface area contributed by atoms with E-state index in [2.05, 4.69) is 23.4 Å². The van der Waals surface area contributed by atoms with Crippen molar-refractivity contribution in [2.24, 2.45) is 0 Å². The van der Waals surface area contributed by atoms with Gasteiger partial charge in [-0.1, -0.05) is 6.92 Å². The van der Waals surface area contributed by atoms with Crippen LogP contribution in [0.25, 0.3) is 0 Å². The van der Waals surface area contributed by atoms with Gasteiger partial charge in [0.15, 0.2) is 0 Å². The van der Waals surface area contributed by atoms with Gasteiger partial charge in [0.25, 0.3) is 0 Å². The number of nitrogens with one attached hydrogen (secondary N) is 1. The maximum absolute atomic E-state index is 5.72. The summed E-state index contributed by atoms with van der Waals surface area (Å²) in [5, 5.41) is 4.26. The van der Waals surface area contributed by atoms with Gasteiger partial charge in [0.05, 0.1) is 12.7 Å². The van der Waals surface area contributed by atoms with Crippen LogP contribution in [0.4, 0.5) is 0 Å².